The Bertz CT molecular complexity index is 603. The maximum absolute atomic E-state index is 13.4. The van der Waals surface area contributed by atoms with Gasteiger partial charge >= 0.3 is 0 Å². The summed E-state index contributed by atoms with van der Waals surface area (Å²) in [6, 6.07) is 6.40. The number of amides is 1. The van der Waals surface area contributed by atoms with E-state index in [4.69, 9.17) is 0 Å². The largest absolute Gasteiger partial charge is 0.300 e. The molecule has 2 rings (SSSR count). The summed E-state index contributed by atoms with van der Waals surface area (Å²) in [5, 5.41) is 12.1. The molecule has 0 spiro atoms. The first-order chi connectivity index (χ1) is 10.2. The topological polar surface area (TPSA) is 54.9 Å². The Kier molecular flexibility index (Phi) is 6.13. The van der Waals surface area contributed by atoms with Crippen molar-refractivity contribution in [2.75, 3.05) is 11.1 Å². The SMILES string of the molecule is CCCCc1nnc(NC(=O)CSc2ccccc2F)s1. The zero-order valence-corrected chi connectivity index (χ0v) is 13.3. The number of aromatic nitrogens is 2. The molecule has 1 N–H and O–H groups in total. The smallest absolute Gasteiger partial charge is 0.236 e. The summed E-state index contributed by atoms with van der Waals surface area (Å²) in [6.07, 6.45) is 3.04. The molecule has 0 aliphatic heterocycles. The van der Waals surface area contributed by atoms with E-state index in [1.807, 2.05) is 0 Å². The third kappa shape index (κ3) is 5.09. The van der Waals surface area contributed by atoms with E-state index < -0.39 is 0 Å². The number of nitrogens with zero attached hydrogens (tertiary/aromatic N) is 2. The Hall–Kier alpha value is -1.47. The van der Waals surface area contributed by atoms with Gasteiger partial charge < -0.3 is 0 Å². The fourth-order valence-electron chi connectivity index (χ4n) is 1.59. The van der Waals surface area contributed by atoms with Gasteiger partial charge in [-0.1, -0.05) is 36.8 Å². The Morgan fingerprint density at radius 2 is 2.19 bits per heavy atom. The summed E-state index contributed by atoms with van der Waals surface area (Å²) in [7, 11) is 0. The second kappa shape index (κ2) is 8.09. The monoisotopic (exact) mass is 325 g/mol. The van der Waals surface area contributed by atoms with Crippen molar-refractivity contribution in [3.05, 3.63) is 35.1 Å². The van der Waals surface area contributed by atoms with Gasteiger partial charge in [0.05, 0.1) is 5.75 Å². The van der Waals surface area contributed by atoms with Gasteiger partial charge in [0.2, 0.25) is 11.0 Å². The van der Waals surface area contributed by atoms with E-state index in [0.717, 1.165) is 36.0 Å². The minimum absolute atomic E-state index is 0.144. The number of carbonyl (C=O) groups is 1. The molecule has 1 aromatic heterocycles. The molecule has 0 saturated carbocycles. The molecule has 2 aromatic rings. The van der Waals surface area contributed by atoms with Crippen LogP contribution in [0.1, 0.15) is 24.8 Å². The normalized spacial score (nSPS) is 10.6. The number of anilines is 1. The molecule has 0 unspecified atom stereocenters. The first-order valence-corrected chi connectivity index (χ1v) is 8.49. The number of thioether (sulfide) groups is 1. The van der Waals surface area contributed by atoms with Crippen LogP contribution in [0.4, 0.5) is 9.52 Å². The van der Waals surface area contributed by atoms with Crippen LogP contribution in [-0.4, -0.2) is 21.9 Å². The second-order valence-corrected chi connectivity index (χ2v) is 6.45. The van der Waals surface area contributed by atoms with Crippen LogP contribution in [0.3, 0.4) is 0 Å². The summed E-state index contributed by atoms with van der Waals surface area (Å²) in [4.78, 5) is 12.3. The molecule has 0 aliphatic carbocycles. The molecule has 112 valence electrons. The summed E-state index contributed by atoms with van der Waals surface area (Å²) in [5.41, 5.74) is 0. The molecular formula is C14H16FN3OS2. The van der Waals surface area contributed by atoms with Gasteiger partial charge in [-0.2, -0.15) is 0 Å². The van der Waals surface area contributed by atoms with Crippen LogP contribution in [-0.2, 0) is 11.2 Å². The molecule has 0 bridgehead atoms. The van der Waals surface area contributed by atoms with E-state index >= 15 is 0 Å². The molecule has 21 heavy (non-hydrogen) atoms. The van der Waals surface area contributed by atoms with Gasteiger partial charge in [-0.15, -0.1) is 22.0 Å². The molecule has 0 atom stereocenters. The van der Waals surface area contributed by atoms with Crippen LogP contribution < -0.4 is 5.32 Å². The highest BCUT2D eigenvalue weighted by molar-refractivity contribution is 8.00. The van der Waals surface area contributed by atoms with Crippen LogP contribution in [0.15, 0.2) is 29.2 Å². The van der Waals surface area contributed by atoms with Crippen molar-refractivity contribution < 1.29 is 9.18 Å². The second-order valence-electron chi connectivity index (χ2n) is 4.37. The van der Waals surface area contributed by atoms with E-state index in [2.05, 4.69) is 22.4 Å². The molecule has 0 aliphatic rings. The van der Waals surface area contributed by atoms with Crippen molar-refractivity contribution in [3.63, 3.8) is 0 Å². The number of benzene rings is 1. The maximum atomic E-state index is 13.4. The summed E-state index contributed by atoms with van der Waals surface area (Å²) in [5.74, 6) is -0.375. The van der Waals surface area contributed by atoms with E-state index in [-0.39, 0.29) is 17.5 Å². The van der Waals surface area contributed by atoms with Crippen molar-refractivity contribution in [2.45, 2.75) is 31.1 Å². The predicted octanol–water partition coefficient (Wildman–Crippen LogP) is 3.75. The average molecular weight is 325 g/mol. The summed E-state index contributed by atoms with van der Waals surface area (Å²) in [6.45, 7) is 2.11. The van der Waals surface area contributed by atoms with Crippen LogP contribution in [0, 0.1) is 5.82 Å². The molecule has 1 aromatic carbocycles. The van der Waals surface area contributed by atoms with E-state index in [1.165, 1.54) is 17.4 Å². The minimum atomic E-state index is -0.312. The molecule has 0 saturated heterocycles. The molecular weight excluding hydrogens is 309 g/mol. The van der Waals surface area contributed by atoms with Crippen LogP contribution >= 0.6 is 23.1 Å². The summed E-state index contributed by atoms with van der Waals surface area (Å²) >= 11 is 2.55. The van der Waals surface area contributed by atoms with Gasteiger partial charge in [0, 0.05) is 11.3 Å². The molecule has 7 heteroatoms. The molecule has 1 amide bonds. The molecule has 1 heterocycles. The predicted molar refractivity (Wildman–Crippen MR) is 84.3 cm³/mol. The Balaban J connectivity index is 1.82. The lowest BCUT2D eigenvalue weighted by Crippen LogP contribution is -2.13. The maximum Gasteiger partial charge on any atom is 0.236 e. The van der Waals surface area contributed by atoms with Crippen molar-refractivity contribution in [1.82, 2.24) is 10.2 Å². The highest BCUT2D eigenvalue weighted by Gasteiger charge is 2.10. The quantitative estimate of drug-likeness (QED) is 0.788. The van der Waals surface area contributed by atoms with Crippen molar-refractivity contribution in [1.29, 1.82) is 0 Å². The number of nitrogens with one attached hydrogen (secondary N) is 1. The first-order valence-electron chi connectivity index (χ1n) is 6.68. The molecule has 0 fully saturated rings. The molecule has 0 radical (unpaired) electrons. The standard InChI is InChI=1S/C14H16FN3OS2/c1-2-3-8-13-17-18-14(21-13)16-12(19)9-20-11-7-5-4-6-10(11)15/h4-7H,2-3,8-9H2,1H3,(H,16,18,19). The van der Waals surface area contributed by atoms with Gasteiger partial charge in [0.1, 0.15) is 10.8 Å². The number of halogens is 1. The fourth-order valence-corrected chi connectivity index (χ4v) is 3.13. The van der Waals surface area contributed by atoms with Crippen molar-refractivity contribution >= 4 is 34.1 Å². The van der Waals surface area contributed by atoms with Crippen LogP contribution in [0.5, 0.6) is 0 Å². The van der Waals surface area contributed by atoms with Crippen LogP contribution in [0.25, 0.3) is 0 Å². The van der Waals surface area contributed by atoms with Crippen molar-refractivity contribution in [2.24, 2.45) is 0 Å². The highest BCUT2D eigenvalue weighted by Crippen LogP contribution is 2.22. The lowest BCUT2D eigenvalue weighted by atomic mass is 10.3. The number of carbonyl (C=O) groups excluding carboxylic acids is 1. The van der Waals surface area contributed by atoms with E-state index in [0.29, 0.717) is 10.0 Å². The van der Waals surface area contributed by atoms with Crippen LogP contribution in [0.2, 0.25) is 0 Å². The van der Waals surface area contributed by atoms with Gasteiger partial charge in [0.25, 0.3) is 0 Å². The first kappa shape index (κ1) is 15.9. The van der Waals surface area contributed by atoms with Gasteiger partial charge in [0.15, 0.2) is 0 Å². The summed E-state index contributed by atoms with van der Waals surface area (Å²) < 4.78 is 13.4. The average Bonchev–Trinajstić information content (AvgIpc) is 2.91. The fraction of sp³-hybridized carbons (Fsp3) is 0.357. The van der Waals surface area contributed by atoms with Gasteiger partial charge in [-0.25, -0.2) is 4.39 Å². The van der Waals surface area contributed by atoms with Gasteiger partial charge in [-0.3, -0.25) is 10.1 Å². The lowest BCUT2D eigenvalue weighted by Gasteiger charge is -2.02. The minimum Gasteiger partial charge on any atom is -0.300 e. The van der Waals surface area contributed by atoms with Crippen molar-refractivity contribution in [3.8, 4) is 0 Å². The Labute approximate surface area is 131 Å². The number of aryl methyl sites for hydroxylation is 1. The van der Waals surface area contributed by atoms with E-state index in [9.17, 15) is 9.18 Å². The third-order valence-electron chi connectivity index (χ3n) is 2.65. The Morgan fingerprint density at radius 3 is 2.95 bits per heavy atom. The zero-order chi connectivity index (χ0) is 15.1. The lowest BCUT2D eigenvalue weighted by molar-refractivity contribution is -0.113. The molecule has 4 nitrogen and oxygen atoms in total. The van der Waals surface area contributed by atoms with Gasteiger partial charge in [-0.05, 0) is 18.6 Å². The number of hydrogen-bond acceptors (Lipinski definition) is 5. The number of unbranched alkanes of at least 4 members (excludes halogenated alkanes) is 1. The zero-order valence-electron chi connectivity index (χ0n) is 11.6. The number of rotatable bonds is 7. The van der Waals surface area contributed by atoms with E-state index in [1.54, 1.807) is 18.2 Å². The number of hydrogen-bond donors (Lipinski definition) is 1. The highest BCUT2D eigenvalue weighted by atomic mass is 32.2. The Morgan fingerprint density at radius 1 is 1.38 bits per heavy atom. The third-order valence-corrected chi connectivity index (χ3v) is 4.60.